The van der Waals surface area contributed by atoms with E-state index in [4.69, 9.17) is 81.2 Å². The van der Waals surface area contributed by atoms with E-state index in [1.807, 2.05) is 0 Å². The smallest absolute Gasteiger partial charge is 0.242 e. The van der Waals surface area contributed by atoms with E-state index in [-0.39, 0.29) is 4.90 Å². The summed E-state index contributed by atoms with van der Waals surface area (Å²) in [6.45, 7) is 0. The molecule has 0 fully saturated rings. The Morgan fingerprint density at radius 1 is 0.844 bits per heavy atom. The summed E-state index contributed by atoms with van der Waals surface area (Å²) in [6.07, 6.45) is 0. The number of alkyl halides is 4. The maximum absolute atomic E-state index is 13.3. The van der Waals surface area contributed by atoms with Crippen LogP contribution in [0.1, 0.15) is 0 Å². The Kier molecular flexibility index (Phi) is 7.72. The minimum absolute atomic E-state index is 0.213. The van der Waals surface area contributed by atoms with Gasteiger partial charge in [0.25, 0.3) is 0 Å². The molecule has 0 saturated carbocycles. The van der Waals surface area contributed by atoms with Crippen molar-refractivity contribution >= 4 is 119 Å². The first-order valence-electron chi connectivity index (χ1n) is 8.35. The molecule has 0 radical (unpaired) electrons. The third-order valence-electron chi connectivity index (χ3n) is 4.46. The molecule has 0 aromatic heterocycles. The van der Waals surface area contributed by atoms with Crippen LogP contribution < -0.4 is 10.0 Å². The zero-order valence-electron chi connectivity index (χ0n) is 15.3. The van der Waals surface area contributed by atoms with Gasteiger partial charge in [-0.15, -0.1) is 0 Å². The van der Waals surface area contributed by atoms with E-state index in [9.17, 15) is 13.2 Å². The number of Topliss-reactive ketones (excluding diaryl/α,β-unsaturated/α-hetero) is 1. The molecule has 2 aromatic carbocycles. The van der Waals surface area contributed by atoms with Gasteiger partial charge in [-0.25, -0.2) is 8.42 Å². The van der Waals surface area contributed by atoms with E-state index in [0.717, 1.165) is 4.47 Å². The first-order chi connectivity index (χ1) is 14.7. The molecule has 1 atom stereocenters. The lowest BCUT2D eigenvalue weighted by molar-refractivity contribution is -0.116. The van der Waals surface area contributed by atoms with Crippen LogP contribution in [0.5, 0.6) is 0 Å². The Hall–Kier alpha value is 0.0700. The van der Waals surface area contributed by atoms with Gasteiger partial charge >= 0.3 is 0 Å². The van der Waals surface area contributed by atoms with Crippen molar-refractivity contribution in [2.45, 2.75) is 19.2 Å². The van der Waals surface area contributed by atoms with Gasteiger partial charge in [-0.3, -0.25) is 4.79 Å². The monoisotopic (exact) mass is 658 g/mol. The third kappa shape index (κ3) is 4.51. The Balaban J connectivity index is 2.27. The van der Waals surface area contributed by atoms with Crippen LogP contribution in [0.15, 0.2) is 68.0 Å². The van der Waals surface area contributed by atoms with Gasteiger partial charge in [0.1, 0.15) is 5.03 Å². The summed E-state index contributed by atoms with van der Waals surface area (Å²) in [5, 5.41) is 1.90. The molecule has 0 heterocycles. The highest BCUT2D eigenvalue weighted by molar-refractivity contribution is 9.10. The largest absolute Gasteiger partial charge is 0.359 e. The van der Waals surface area contributed by atoms with Crippen LogP contribution in [-0.4, -0.2) is 28.5 Å². The van der Waals surface area contributed by atoms with E-state index in [2.05, 4.69) is 26.0 Å². The third-order valence-corrected chi connectivity index (χ3v) is 10.1. The average molecular weight is 662 g/mol. The minimum atomic E-state index is -4.41. The molecule has 0 saturated heterocycles. The van der Waals surface area contributed by atoms with Gasteiger partial charge in [-0.05, 0) is 48.5 Å². The minimum Gasteiger partial charge on any atom is -0.359 e. The molecule has 32 heavy (non-hydrogen) atoms. The standard InChI is InChI=1S/C18H10BrCl7N2O3S/c19-9-1-5-11(6-2-9)27-17(28-32(30,31)12-7-3-10(20)4-8-12)14(22)13(21)15(29)16(23,24)18(17,25)26/h1-8,27-28H. The molecule has 2 aromatic rings. The van der Waals surface area contributed by atoms with Crippen LogP contribution in [-0.2, 0) is 14.8 Å². The second kappa shape index (κ2) is 9.26. The van der Waals surface area contributed by atoms with Gasteiger partial charge in [0, 0.05) is 15.2 Å². The summed E-state index contributed by atoms with van der Waals surface area (Å²) in [7, 11) is -4.41. The van der Waals surface area contributed by atoms with Crippen molar-refractivity contribution in [1.82, 2.24) is 4.72 Å². The molecule has 1 aliphatic carbocycles. The van der Waals surface area contributed by atoms with Crippen molar-refractivity contribution in [2.24, 2.45) is 0 Å². The maximum Gasteiger partial charge on any atom is 0.242 e. The number of ketones is 1. The van der Waals surface area contributed by atoms with E-state index in [1.54, 1.807) is 24.3 Å². The fourth-order valence-electron chi connectivity index (χ4n) is 2.81. The molecule has 0 amide bonds. The maximum atomic E-state index is 13.3. The Morgan fingerprint density at radius 2 is 1.38 bits per heavy atom. The molecule has 0 bridgehead atoms. The number of halogens is 8. The Labute approximate surface area is 227 Å². The van der Waals surface area contributed by atoms with Crippen LogP contribution in [0.4, 0.5) is 5.69 Å². The SMILES string of the molecule is O=C1C(Cl)=C(Cl)C(Nc2ccc(Br)cc2)(NS(=O)(=O)c2ccc(Cl)cc2)C(Cl)(Cl)C1(Cl)Cl. The predicted octanol–water partition coefficient (Wildman–Crippen LogP) is 6.81. The van der Waals surface area contributed by atoms with Gasteiger partial charge in [0.15, 0.2) is 5.66 Å². The fourth-order valence-corrected chi connectivity index (χ4v) is 6.51. The Bertz CT molecular complexity index is 1200. The van der Waals surface area contributed by atoms with Crippen molar-refractivity contribution in [3.05, 3.63) is 68.1 Å². The lowest BCUT2D eigenvalue weighted by Crippen LogP contribution is -2.73. The second-order valence-corrected chi connectivity index (χ2v) is 13.0. The highest BCUT2D eigenvalue weighted by Gasteiger charge is 2.71. The molecule has 1 aliphatic rings. The molecular weight excluding hydrogens is 652 g/mol. The number of anilines is 1. The van der Waals surface area contributed by atoms with Crippen molar-refractivity contribution in [3.8, 4) is 0 Å². The fraction of sp³-hybridized carbons (Fsp3) is 0.167. The number of rotatable bonds is 5. The summed E-state index contributed by atoms with van der Waals surface area (Å²) in [4.78, 5) is 12.4. The van der Waals surface area contributed by atoms with Gasteiger partial charge in [0.2, 0.25) is 24.5 Å². The number of hydrogen-bond donors (Lipinski definition) is 2. The number of sulfonamides is 1. The predicted molar refractivity (Wildman–Crippen MR) is 135 cm³/mol. The zero-order chi connectivity index (χ0) is 24.1. The molecule has 0 spiro atoms. The molecule has 5 nitrogen and oxygen atoms in total. The highest BCUT2D eigenvalue weighted by Crippen LogP contribution is 2.58. The van der Waals surface area contributed by atoms with E-state index in [1.165, 1.54) is 24.3 Å². The zero-order valence-corrected chi connectivity index (χ0v) is 23.0. The lowest BCUT2D eigenvalue weighted by Gasteiger charge is -2.50. The summed E-state index contributed by atoms with van der Waals surface area (Å²) >= 11 is 47.2. The number of carbonyl (C=O) groups is 1. The van der Waals surface area contributed by atoms with E-state index < -0.39 is 40.2 Å². The lowest BCUT2D eigenvalue weighted by atomic mass is 9.92. The second-order valence-electron chi connectivity index (χ2n) is 6.55. The van der Waals surface area contributed by atoms with Crippen LogP contribution in [0, 0.1) is 0 Å². The summed E-state index contributed by atoms with van der Waals surface area (Å²) in [5.41, 5.74) is -2.09. The van der Waals surface area contributed by atoms with Crippen molar-refractivity contribution in [3.63, 3.8) is 0 Å². The number of carbonyl (C=O) groups excluding carboxylic acids is 1. The number of allylic oxidation sites excluding steroid dienone is 1. The van der Waals surface area contributed by atoms with Gasteiger partial charge in [0.05, 0.1) is 9.93 Å². The molecular formula is C18H10BrCl7N2O3S. The van der Waals surface area contributed by atoms with Crippen LogP contribution >= 0.6 is 97.1 Å². The average Bonchev–Trinajstić information content (AvgIpc) is 2.72. The number of benzene rings is 2. The Morgan fingerprint density at radius 3 is 1.91 bits per heavy atom. The molecule has 2 N–H and O–H groups in total. The van der Waals surface area contributed by atoms with Gasteiger partial charge in [-0.1, -0.05) is 97.1 Å². The topological polar surface area (TPSA) is 75.3 Å². The first-order valence-corrected chi connectivity index (χ1v) is 13.3. The quantitative estimate of drug-likeness (QED) is 0.273. The molecule has 0 aliphatic heterocycles. The van der Waals surface area contributed by atoms with Gasteiger partial charge < -0.3 is 5.32 Å². The van der Waals surface area contributed by atoms with E-state index in [0.29, 0.717) is 10.7 Å². The van der Waals surface area contributed by atoms with Gasteiger partial charge in [-0.2, -0.15) is 4.72 Å². The molecule has 3 rings (SSSR count). The van der Waals surface area contributed by atoms with Crippen LogP contribution in [0.25, 0.3) is 0 Å². The summed E-state index contributed by atoms with van der Waals surface area (Å²) in [5.74, 6) is -1.10. The normalized spacial score (nSPS) is 22.7. The number of nitrogens with one attached hydrogen (secondary N) is 2. The van der Waals surface area contributed by atoms with Crippen LogP contribution in [0.2, 0.25) is 5.02 Å². The molecule has 172 valence electrons. The van der Waals surface area contributed by atoms with Crippen molar-refractivity contribution in [1.29, 1.82) is 0 Å². The summed E-state index contributed by atoms with van der Waals surface area (Å²) in [6, 6.07) is 11.6. The van der Waals surface area contributed by atoms with Crippen molar-refractivity contribution in [2.75, 3.05) is 5.32 Å². The van der Waals surface area contributed by atoms with Crippen LogP contribution in [0.3, 0.4) is 0 Å². The highest BCUT2D eigenvalue weighted by atomic mass is 79.9. The van der Waals surface area contributed by atoms with E-state index >= 15 is 0 Å². The molecule has 14 heteroatoms. The first kappa shape index (κ1) is 26.7. The molecule has 1 unspecified atom stereocenters. The summed E-state index contributed by atoms with van der Waals surface area (Å²) < 4.78 is 24.4. The number of hydrogen-bond acceptors (Lipinski definition) is 4. The van der Waals surface area contributed by atoms with Crippen molar-refractivity contribution < 1.29 is 13.2 Å².